The molecule has 0 radical (unpaired) electrons. The molecule has 0 saturated heterocycles. The first-order valence-electron chi connectivity index (χ1n) is 8.16. The molecular weight excluding hydrogens is 332 g/mol. The maximum Gasteiger partial charge on any atom is 0.309 e. The predicted molar refractivity (Wildman–Crippen MR) is 90.8 cm³/mol. The van der Waals surface area contributed by atoms with E-state index in [2.05, 4.69) is 0 Å². The topological polar surface area (TPSA) is 61.8 Å². The lowest BCUT2D eigenvalue weighted by atomic mass is 10.1. The summed E-state index contributed by atoms with van der Waals surface area (Å²) in [5.41, 5.74) is 1.39. The molecule has 1 aromatic rings. The molecule has 24 heavy (non-hydrogen) atoms. The largest absolute Gasteiger partial charge is 0.492 e. The Morgan fingerprint density at radius 2 is 2.21 bits per heavy atom. The van der Waals surface area contributed by atoms with E-state index in [9.17, 15) is 9.59 Å². The molecule has 0 bridgehead atoms. The quantitative estimate of drug-likeness (QED) is 0.366. The highest BCUT2D eigenvalue weighted by Gasteiger charge is 2.44. The summed E-state index contributed by atoms with van der Waals surface area (Å²) in [6.07, 6.45) is 3.12. The fourth-order valence-corrected chi connectivity index (χ4v) is 2.81. The summed E-state index contributed by atoms with van der Waals surface area (Å²) in [7, 11) is 1.66. The van der Waals surface area contributed by atoms with Crippen molar-refractivity contribution in [1.29, 1.82) is 0 Å². The van der Waals surface area contributed by atoms with Crippen LogP contribution in [0.25, 0.3) is 0 Å². The molecule has 0 amide bonds. The first-order chi connectivity index (χ1) is 11.6. The molecule has 1 aromatic carbocycles. The van der Waals surface area contributed by atoms with Crippen LogP contribution in [-0.2, 0) is 20.7 Å². The van der Waals surface area contributed by atoms with Crippen molar-refractivity contribution >= 4 is 23.9 Å². The van der Waals surface area contributed by atoms with Gasteiger partial charge in [0.2, 0.25) is 0 Å². The highest BCUT2D eigenvalue weighted by Crippen LogP contribution is 2.40. The summed E-state index contributed by atoms with van der Waals surface area (Å²) >= 11 is 6.22. The second-order valence-corrected chi connectivity index (χ2v) is 6.25. The number of esters is 1. The monoisotopic (exact) mass is 354 g/mol. The highest BCUT2D eigenvalue weighted by molar-refractivity contribution is 6.34. The van der Waals surface area contributed by atoms with Gasteiger partial charge in [0.05, 0.1) is 24.2 Å². The Bertz CT molecular complexity index is 587. The van der Waals surface area contributed by atoms with Gasteiger partial charge >= 0.3 is 5.97 Å². The van der Waals surface area contributed by atoms with E-state index in [0.29, 0.717) is 36.2 Å². The first kappa shape index (κ1) is 18.7. The number of ether oxygens (including phenoxy) is 3. The van der Waals surface area contributed by atoms with Crippen molar-refractivity contribution in [1.82, 2.24) is 0 Å². The Balaban J connectivity index is 1.97. The normalized spacial score (nSPS) is 19.0. The van der Waals surface area contributed by atoms with E-state index >= 15 is 0 Å². The smallest absolute Gasteiger partial charge is 0.309 e. The van der Waals surface area contributed by atoms with Gasteiger partial charge in [-0.15, -0.1) is 0 Å². The van der Waals surface area contributed by atoms with Crippen LogP contribution in [0.4, 0.5) is 0 Å². The van der Waals surface area contributed by atoms with Gasteiger partial charge in [-0.25, -0.2) is 0 Å². The van der Waals surface area contributed by atoms with Crippen LogP contribution >= 0.6 is 11.6 Å². The van der Waals surface area contributed by atoms with Crippen molar-refractivity contribution < 1.29 is 23.8 Å². The Hall–Kier alpha value is -1.59. The van der Waals surface area contributed by atoms with Crippen molar-refractivity contribution in [2.24, 2.45) is 11.8 Å². The van der Waals surface area contributed by atoms with Crippen molar-refractivity contribution in [3.05, 3.63) is 28.3 Å². The van der Waals surface area contributed by atoms with Gasteiger partial charge in [0.15, 0.2) is 6.29 Å². The average Bonchev–Trinajstić information content (AvgIpc) is 3.35. The molecule has 2 atom stereocenters. The molecule has 1 aliphatic carbocycles. The molecule has 0 spiro atoms. The lowest BCUT2D eigenvalue weighted by Gasteiger charge is -2.12. The molecule has 0 aliphatic heterocycles. The van der Waals surface area contributed by atoms with E-state index in [4.69, 9.17) is 25.8 Å². The Labute approximate surface area is 147 Å². The third-order valence-corrected chi connectivity index (χ3v) is 4.44. The number of rotatable bonds is 10. The third kappa shape index (κ3) is 4.95. The number of benzene rings is 1. The molecule has 0 N–H and O–H groups in total. The average molecular weight is 355 g/mol. The molecular formula is C18H23ClO5. The number of hydrogen-bond acceptors (Lipinski definition) is 5. The minimum atomic E-state index is -0.168. The van der Waals surface area contributed by atoms with E-state index in [1.807, 2.05) is 6.07 Å². The second kappa shape index (κ2) is 9.04. The van der Waals surface area contributed by atoms with Gasteiger partial charge in [-0.1, -0.05) is 11.6 Å². The van der Waals surface area contributed by atoms with Crippen LogP contribution in [0.5, 0.6) is 5.75 Å². The van der Waals surface area contributed by atoms with Crippen molar-refractivity contribution in [2.45, 2.75) is 26.2 Å². The fourth-order valence-electron chi connectivity index (χ4n) is 2.60. The van der Waals surface area contributed by atoms with Crippen LogP contribution in [0.3, 0.4) is 0 Å². The maximum atomic E-state index is 11.6. The van der Waals surface area contributed by atoms with Crippen LogP contribution in [0, 0.1) is 11.8 Å². The van der Waals surface area contributed by atoms with Gasteiger partial charge in [-0.2, -0.15) is 0 Å². The summed E-state index contributed by atoms with van der Waals surface area (Å²) in [4.78, 5) is 22.8. The van der Waals surface area contributed by atoms with Crippen molar-refractivity contribution in [3.8, 4) is 5.75 Å². The van der Waals surface area contributed by atoms with Crippen LogP contribution in [0.1, 0.15) is 35.7 Å². The number of aldehydes is 1. The molecule has 132 valence electrons. The molecule has 0 heterocycles. The Kier molecular flexibility index (Phi) is 7.06. The van der Waals surface area contributed by atoms with E-state index < -0.39 is 0 Å². The summed E-state index contributed by atoms with van der Waals surface area (Å²) in [6.45, 7) is 3.23. The highest BCUT2D eigenvalue weighted by atomic mass is 35.5. The van der Waals surface area contributed by atoms with Gasteiger partial charge in [0.1, 0.15) is 5.75 Å². The maximum absolute atomic E-state index is 11.6. The molecule has 2 rings (SSSR count). The number of halogens is 1. The van der Waals surface area contributed by atoms with Crippen LogP contribution < -0.4 is 4.74 Å². The van der Waals surface area contributed by atoms with Crippen molar-refractivity contribution in [3.63, 3.8) is 0 Å². The number of hydrogen-bond donors (Lipinski definition) is 0. The summed E-state index contributed by atoms with van der Waals surface area (Å²) < 4.78 is 15.8. The zero-order chi connectivity index (χ0) is 17.5. The molecule has 1 aliphatic rings. The zero-order valence-electron chi connectivity index (χ0n) is 14.0. The van der Waals surface area contributed by atoms with Crippen LogP contribution in [0.15, 0.2) is 12.1 Å². The number of methoxy groups -OCH3 is 1. The zero-order valence-corrected chi connectivity index (χ0v) is 14.8. The van der Waals surface area contributed by atoms with Crippen LogP contribution in [0.2, 0.25) is 5.02 Å². The van der Waals surface area contributed by atoms with Crippen LogP contribution in [-0.4, -0.2) is 39.2 Å². The molecule has 5 nitrogen and oxygen atoms in total. The van der Waals surface area contributed by atoms with E-state index in [0.717, 1.165) is 31.1 Å². The summed E-state index contributed by atoms with van der Waals surface area (Å²) in [6, 6.07) is 3.63. The molecule has 1 saturated carbocycles. The lowest BCUT2D eigenvalue weighted by molar-refractivity contribution is -0.145. The van der Waals surface area contributed by atoms with Gasteiger partial charge < -0.3 is 14.2 Å². The van der Waals surface area contributed by atoms with Gasteiger partial charge in [-0.3, -0.25) is 9.59 Å². The predicted octanol–water partition coefficient (Wildman–Crippen LogP) is 3.31. The summed E-state index contributed by atoms with van der Waals surface area (Å²) in [5, 5.41) is 0.314. The lowest BCUT2D eigenvalue weighted by Crippen LogP contribution is -2.11. The molecule has 2 unspecified atom stereocenters. The minimum Gasteiger partial charge on any atom is -0.492 e. The molecule has 0 aromatic heterocycles. The first-order valence-corrected chi connectivity index (χ1v) is 8.54. The van der Waals surface area contributed by atoms with Crippen molar-refractivity contribution in [2.75, 3.05) is 26.9 Å². The molecule has 1 fully saturated rings. The fraction of sp³-hybridized carbons (Fsp3) is 0.556. The SMILES string of the molecule is CCOC(=O)C1CC1COc1cc(CCCOC)cc(C=O)c1Cl. The standard InChI is InChI=1S/C18H23ClO5/c1-3-23-18(21)15-9-14(15)11-24-16-8-12(5-4-6-22-2)7-13(10-20)17(16)19/h7-8,10,14-15H,3-6,9,11H2,1-2H3. The number of aryl methyl sites for hydroxylation is 1. The minimum absolute atomic E-state index is 0.0841. The third-order valence-electron chi connectivity index (χ3n) is 4.03. The molecule has 6 heteroatoms. The Morgan fingerprint density at radius 1 is 1.42 bits per heavy atom. The van der Waals surface area contributed by atoms with Gasteiger partial charge in [0, 0.05) is 25.2 Å². The van der Waals surface area contributed by atoms with Gasteiger partial charge in [-0.05, 0) is 43.9 Å². The van der Waals surface area contributed by atoms with Gasteiger partial charge in [0.25, 0.3) is 0 Å². The van der Waals surface area contributed by atoms with E-state index in [1.54, 1.807) is 20.1 Å². The summed E-state index contributed by atoms with van der Waals surface area (Å²) in [5.74, 6) is 0.387. The van der Waals surface area contributed by atoms with E-state index in [-0.39, 0.29) is 17.8 Å². The Morgan fingerprint density at radius 3 is 2.88 bits per heavy atom. The number of carbonyl (C=O) groups is 2. The second-order valence-electron chi connectivity index (χ2n) is 5.88. The van der Waals surface area contributed by atoms with E-state index in [1.165, 1.54) is 0 Å². The number of carbonyl (C=O) groups excluding carboxylic acids is 2.